The highest BCUT2D eigenvalue weighted by Crippen LogP contribution is 2.39. The molecule has 46 heavy (non-hydrogen) atoms. The SMILES string of the molecule is CC/C=C\C/C=C\C/C=C\C/C=C\C/C=C\CCCC(=O)N[C@@H](CCCNC(=O)CCCCC1CCSS1)C(=O)OC(CO)CO. The molecule has 1 aliphatic heterocycles. The number of unbranched alkanes of at least 4 members (excludes halogenated alkanes) is 2. The predicted molar refractivity (Wildman–Crippen MR) is 193 cm³/mol. The Kier molecular flexibility index (Phi) is 27.3. The molecule has 2 amide bonds. The van der Waals surface area contributed by atoms with Crippen LogP contribution in [0.25, 0.3) is 0 Å². The van der Waals surface area contributed by atoms with Gasteiger partial charge in [0, 0.05) is 30.4 Å². The summed E-state index contributed by atoms with van der Waals surface area (Å²) in [6.45, 7) is 1.51. The zero-order valence-corrected chi connectivity index (χ0v) is 29.4. The topological polar surface area (TPSA) is 125 Å². The number of carbonyl (C=O) groups is 3. The van der Waals surface area contributed by atoms with Crippen LogP contribution in [0.4, 0.5) is 0 Å². The smallest absolute Gasteiger partial charge is 0.329 e. The van der Waals surface area contributed by atoms with Crippen molar-refractivity contribution in [3.05, 3.63) is 60.8 Å². The third-order valence-corrected chi connectivity index (χ3v) is 10.1. The molecule has 4 N–H and O–H groups in total. The Labute approximate surface area is 285 Å². The summed E-state index contributed by atoms with van der Waals surface area (Å²) >= 11 is 0. The highest BCUT2D eigenvalue weighted by molar-refractivity contribution is 8.77. The van der Waals surface area contributed by atoms with E-state index in [0.717, 1.165) is 57.8 Å². The van der Waals surface area contributed by atoms with Gasteiger partial charge in [-0.1, -0.05) is 95.7 Å². The molecule has 0 aromatic carbocycles. The standard InChI is InChI=1S/C36H58N2O6S2/c1-2-3-4-5-6-7-8-9-10-11-12-13-14-15-16-17-18-25-35(42)38-33(36(43)44-31(29-39)30-40)23-21-27-37-34(41)24-20-19-22-32-26-28-45-46-32/h3-4,6-7,9-10,12-13,15-16,31-33,39-40H,2,5,8,11,14,17-30H2,1H3,(H,37,41)(H,38,42)/b4-3-,7-6-,10-9-,13-12-,16-15-/t32?,33-/m0/s1. The first-order valence-corrected chi connectivity index (χ1v) is 19.4. The van der Waals surface area contributed by atoms with E-state index in [0.29, 0.717) is 31.1 Å². The first-order valence-electron chi connectivity index (χ1n) is 17.0. The molecular formula is C36H58N2O6S2. The van der Waals surface area contributed by atoms with Crippen molar-refractivity contribution in [2.75, 3.05) is 25.5 Å². The van der Waals surface area contributed by atoms with Gasteiger partial charge in [-0.3, -0.25) is 9.59 Å². The first kappa shape index (κ1) is 41.8. The van der Waals surface area contributed by atoms with Crippen molar-refractivity contribution in [3.63, 3.8) is 0 Å². The Balaban J connectivity index is 2.28. The van der Waals surface area contributed by atoms with Gasteiger partial charge in [-0.25, -0.2) is 4.79 Å². The maximum absolute atomic E-state index is 12.7. The van der Waals surface area contributed by atoms with Crippen molar-refractivity contribution in [1.82, 2.24) is 10.6 Å². The number of amides is 2. The number of ether oxygens (including phenoxy) is 1. The molecule has 1 heterocycles. The van der Waals surface area contributed by atoms with Crippen molar-refractivity contribution in [2.24, 2.45) is 0 Å². The van der Waals surface area contributed by atoms with Crippen LogP contribution in [-0.4, -0.2) is 70.9 Å². The summed E-state index contributed by atoms with van der Waals surface area (Å²) in [5.41, 5.74) is 0. The molecule has 1 fully saturated rings. The number of hydrogen-bond acceptors (Lipinski definition) is 8. The lowest BCUT2D eigenvalue weighted by molar-refractivity contribution is -0.157. The van der Waals surface area contributed by atoms with Crippen LogP contribution in [0.5, 0.6) is 0 Å². The van der Waals surface area contributed by atoms with Crippen molar-refractivity contribution in [2.45, 2.75) is 121 Å². The third kappa shape index (κ3) is 24.0. The van der Waals surface area contributed by atoms with E-state index in [1.807, 2.05) is 21.6 Å². The number of esters is 1. The zero-order valence-electron chi connectivity index (χ0n) is 27.8. The Hall–Kier alpha value is -2.27. The lowest BCUT2D eigenvalue weighted by Gasteiger charge is -2.20. The number of rotatable bonds is 27. The average molecular weight is 679 g/mol. The molecular weight excluding hydrogens is 621 g/mol. The van der Waals surface area contributed by atoms with E-state index in [-0.39, 0.29) is 24.7 Å². The summed E-state index contributed by atoms with van der Waals surface area (Å²) in [7, 11) is 3.89. The molecule has 1 rings (SSSR count). The fourth-order valence-corrected chi connectivity index (χ4v) is 7.52. The van der Waals surface area contributed by atoms with Gasteiger partial charge in [0.15, 0.2) is 0 Å². The summed E-state index contributed by atoms with van der Waals surface area (Å²) in [5.74, 6) is 0.249. The number of nitrogens with one attached hydrogen (secondary N) is 2. The second-order valence-electron chi connectivity index (χ2n) is 11.2. The Morgan fingerprint density at radius 3 is 2.00 bits per heavy atom. The van der Waals surface area contributed by atoms with Crippen LogP contribution >= 0.6 is 21.6 Å². The summed E-state index contributed by atoms with van der Waals surface area (Å²) in [6, 6.07) is -0.916. The van der Waals surface area contributed by atoms with E-state index in [1.54, 1.807) is 0 Å². The summed E-state index contributed by atoms with van der Waals surface area (Å²) in [5, 5.41) is 24.9. The van der Waals surface area contributed by atoms with Crippen molar-refractivity contribution in [3.8, 4) is 0 Å². The third-order valence-electron chi connectivity index (χ3n) is 7.14. The number of hydrogen-bond donors (Lipinski definition) is 4. The highest BCUT2D eigenvalue weighted by atomic mass is 33.1. The second-order valence-corrected chi connectivity index (χ2v) is 14.0. The predicted octanol–water partition coefficient (Wildman–Crippen LogP) is 6.90. The molecule has 0 aromatic rings. The van der Waals surface area contributed by atoms with Gasteiger partial charge in [0.2, 0.25) is 11.8 Å². The second kappa shape index (κ2) is 30.1. The van der Waals surface area contributed by atoms with Crippen LogP contribution in [0, 0.1) is 0 Å². The van der Waals surface area contributed by atoms with Crippen LogP contribution in [0.3, 0.4) is 0 Å². The summed E-state index contributed by atoms with van der Waals surface area (Å²) in [4.78, 5) is 37.5. The molecule has 1 saturated heterocycles. The van der Waals surface area contributed by atoms with Crippen LogP contribution in [-0.2, 0) is 19.1 Å². The molecule has 1 unspecified atom stereocenters. The maximum atomic E-state index is 12.7. The number of aliphatic hydroxyl groups excluding tert-OH is 2. The molecule has 0 aromatic heterocycles. The maximum Gasteiger partial charge on any atom is 0.329 e. The monoisotopic (exact) mass is 678 g/mol. The van der Waals surface area contributed by atoms with Crippen molar-refractivity contribution < 1.29 is 29.3 Å². The van der Waals surface area contributed by atoms with Crippen LogP contribution in [0.1, 0.15) is 103 Å². The van der Waals surface area contributed by atoms with Crippen LogP contribution in [0.15, 0.2) is 60.8 Å². The van der Waals surface area contributed by atoms with Gasteiger partial charge in [0.1, 0.15) is 12.1 Å². The fraction of sp³-hybridized carbons (Fsp3) is 0.639. The Morgan fingerprint density at radius 2 is 1.41 bits per heavy atom. The minimum Gasteiger partial charge on any atom is -0.456 e. The largest absolute Gasteiger partial charge is 0.456 e. The van der Waals surface area contributed by atoms with E-state index in [2.05, 4.69) is 78.3 Å². The summed E-state index contributed by atoms with van der Waals surface area (Å²) in [6.07, 6.45) is 32.4. The molecule has 260 valence electrons. The van der Waals surface area contributed by atoms with Gasteiger partial charge in [-0.05, 0) is 77.0 Å². The van der Waals surface area contributed by atoms with Gasteiger partial charge < -0.3 is 25.6 Å². The molecule has 0 aliphatic carbocycles. The normalized spacial score (nSPS) is 16.1. The first-order chi connectivity index (χ1) is 22.5. The van der Waals surface area contributed by atoms with Gasteiger partial charge >= 0.3 is 5.97 Å². The van der Waals surface area contributed by atoms with E-state index in [4.69, 9.17) is 4.74 Å². The van der Waals surface area contributed by atoms with E-state index < -0.39 is 31.3 Å². The lowest BCUT2D eigenvalue weighted by atomic mass is 10.1. The van der Waals surface area contributed by atoms with Crippen LogP contribution < -0.4 is 10.6 Å². The zero-order chi connectivity index (χ0) is 33.5. The van der Waals surface area contributed by atoms with Crippen molar-refractivity contribution in [1.29, 1.82) is 0 Å². The highest BCUT2D eigenvalue weighted by Gasteiger charge is 2.24. The number of allylic oxidation sites excluding steroid dienone is 10. The van der Waals surface area contributed by atoms with Gasteiger partial charge in [-0.2, -0.15) is 0 Å². The van der Waals surface area contributed by atoms with Crippen molar-refractivity contribution >= 4 is 39.4 Å². The fourth-order valence-electron chi connectivity index (χ4n) is 4.49. The Bertz CT molecular complexity index is 956. The number of carbonyl (C=O) groups excluding carboxylic acids is 3. The molecule has 1 aliphatic rings. The van der Waals surface area contributed by atoms with E-state index in [1.165, 1.54) is 12.2 Å². The molecule has 0 spiro atoms. The minimum atomic E-state index is -1.04. The van der Waals surface area contributed by atoms with Gasteiger partial charge in [0.05, 0.1) is 13.2 Å². The average Bonchev–Trinajstić information content (AvgIpc) is 3.58. The van der Waals surface area contributed by atoms with E-state index in [9.17, 15) is 24.6 Å². The quantitative estimate of drug-likeness (QED) is 0.0320. The van der Waals surface area contributed by atoms with Crippen LogP contribution in [0.2, 0.25) is 0 Å². The number of aliphatic hydroxyl groups is 2. The Morgan fingerprint density at radius 1 is 0.804 bits per heavy atom. The molecule has 0 bridgehead atoms. The van der Waals surface area contributed by atoms with Gasteiger partial charge in [0.25, 0.3) is 0 Å². The van der Waals surface area contributed by atoms with E-state index >= 15 is 0 Å². The molecule has 10 heteroatoms. The molecule has 2 atom stereocenters. The molecule has 8 nitrogen and oxygen atoms in total. The lowest BCUT2D eigenvalue weighted by Crippen LogP contribution is -2.44. The van der Waals surface area contributed by atoms with Gasteiger partial charge in [-0.15, -0.1) is 0 Å². The minimum absolute atomic E-state index is 0.00715. The molecule has 0 saturated carbocycles. The summed E-state index contributed by atoms with van der Waals surface area (Å²) < 4.78 is 5.17. The molecule has 0 radical (unpaired) electrons.